The first-order valence-electron chi connectivity index (χ1n) is 10.3. The van der Waals surface area contributed by atoms with Crippen LogP contribution in [0.15, 0.2) is 72.8 Å². The number of piperidine rings is 1. The summed E-state index contributed by atoms with van der Waals surface area (Å²) in [6.45, 7) is 2.22. The third-order valence-electron chi connectivity index (χ3n) is 5.80. The molecule has 29 heavy (non-hydrogen) atoms. The number of nitrogens with one attached hydrogen (secondary N) is 1. The Hall–Kier alpha value is -3.27. The van der Waals surface area contributed by atoms with Gasteiger partial charge in [-0.3, -0.25) is 4.79 Å². The van der Waals surface area contributed by atoms with Gasteiger partial charge in [0.1, 0.15) is 11.5 Å². The summed E-state index contributed by atoms with van der Waals surface area (Å²) in [5, 5.41) is 3.11. The van der Waals surface area contributed by atoms with Crippen LogP contribution in [0, 0.1) is 0 Å². The van der Waals surface area contributed by atoms with Gasteiger partial charge in [-0.25, -0.2) is 0 Å². The number of rotatable bonds is 3. The van der Waals surface area contributed by atoms with E-state index in [-0.39, 0.29) is 5.91 Å². The van der Waals surface area contributed by atoms with Gasteiger partial charge in [0.25, 0.3) is 0 Å². The molecule has 3 aromatic carbocycles. The number of hydrogen-bond donors (Lipinski definition) is 1. The van der Waals surface area contributed by atoms with Crippen molar-refractivity contribution in [2.24, 2.45) is 0 Å². The minimum Gasteiger partial charge on any atom is -0.457 e. The Labute approximate surface area is 171 Å². The molecule has 0 saturated carbocycles. The standard InChI is InChI=1S/C25H24N2O2/c28-25(26-18-12-14-19(15-13-18)27-16-6-1-7-17-27)24-20-8-2-4-10-22(20)29-23-11-5-3-9-21(23)24/h2-5,8-15,24H,1,6-7,16-17H2,(H,26,28). The van der Waals surface area contributed by atoms with Gasteiger partial charge in [0.05, 0.1) is 5.92 Å². The van der Waals surface area contributed by atoms with Crippen LogP contribution in [0.5, 0.6) is 11.5 Å². The molecule has 0 bridgehead atoms. The molecule has 2 aliphatic heterocycles. The molecule has 3 aromatic rings. The van der Waals surface area contributed by atoms with E-state index in [2.05, 4.69) is 22.3 Å². The third-order valence-corrected chi connectivity index (χ3v) is 5.80. The van der Waals surface area contributed by atoms with Crippen LogP contribution in [0.4, 0.5) is 11.4 Å². The third kappa shape index (κ3) is 3.46. The van der Waals surface area contributed by atoms with Gasteiger partial charge in [-0.05, 0) is 55.7 Å². The molecule has 1 fully saturated rings. The maximum Gasteiger partial charge on any atom is 0.236 e. The van der Waals surface area contributed by atoms with E-state index in [0.29, 0.717) is 0 Å². The number of benzene rings is 3. The Morgan fingerprint density at radius 2 is 1.38 bits per heavy atom. The van der Waals surface area contributed by atoms with Gasteiger partial charge < -0.3 is 15.0 Å². The van der Waals surface area contributed by atoms with Crippen molar-refractivity contribution in [3.8, 4) is 11.5 Å². The first kappa shape index (κ1) is 17.8. The Kier molecular flexibility index (Phi) is 4.68. The van der Waals surface area contributed by atoms with Gasteiger partial charge in [-0.15, -0.1) is 0 Å². The Morgan fingerprint density at radius 1 is 0.793 bits per heavy atom. The van der Waals surface area contributed by atoms with E-state index in [9.17, 15) is 4.79 Å². The highest BCUT2D eigenvalue weighted by atomic mass is 16.5. The lowest BCUT2D eigenvalue weighted by molar-refractivity contribution is -0.116. The molecule has 4 nitrogen and oxygen atoms in total. The molecule has 0 radical (unpaired) electrons. The zero-order valence-corrected chi connectivity index (χ0v) is 16.3. The first-order valence-corrected chi connectivity index (χ1v) is 10.3. The van der Waals surface area contributed by atoms with Crippen molar-refractivity contribution < 1.29 is 9.53 Å². The monoisotopic (exact) mass is 384 g/mol. The van der Waals surface area contributed by atoms with Crippen LogP contribution < -0.4 is 15.0 Å². The fourth-order valence-electron chi connectivity index (χ4n) is 4.31. The molecule has 1 amide bonds. The number of anilines is 2. The normalized spacial score (nSPS) is 15.8. The van der Waals surface area contributed by atoms with Gasteiger partial charge in [0.15, 0.2) is 0 Å². The number of para-hydroxylation sites is 2. The number of ether oxygens (including phenoxy) is 1. The Bertz CT molecular complexity index is 978. The highest BCUT2D eigenvalue weighted by Crippen LogP contribution is 2.44. The van der Waals surface area contributed by atoms with E-state index in [1.165, 1.54) is 24.9 Å². The molecule has 146 valence electrons. The van der Waals surface area contributed by atoms with Crippen molar-refractivity contribution >= 4 is 17.3 Å². The topological polar surface area (TPSA) is 41.6 Å². The Balaban J connectivity index is 1.40. The van der Waals surface area contributed by atoms with E-state index in [4.69, 9.17) is 4.74 Å². The molecule has 1 saturated heterocycles. The second-order valence-electron chi connectivity index (χ2n) is 7.69. The largest absolute Gasteiger partial charge is 0.457 e. The number of amides is 1. The van der Waals surface area contributed by atoms with Gasteiger partial charge in [0.2, 0.25) is 5.91 Å². The van der Waals surface area contributed by atoms with Crippen LogP contribution >= 0.6 is 0 Å². The summed E-state index contributed by atoms with van der Waals surface area (Å²) in [7, 11) is 0. The lowest BCUT2D eigenvalue weighted by Crippen LogP contribution is -2.29. The van der Waals surface area contributed by atoms with Gasteiger partial charge >= 0.3 is 0 Å². The van der Waals surface area contributed by atoms with Crippen LogP contribution in [-0.2, 0) is 4.79 Å². The zero-order chi connectivity index (χ0) is 19.6. The molecular formula is C25H24N2O2. The first-order chi connectivity index (χ1) is 14.3. The molecule has 5 rings (SSSR count). The van der Waals surface area contributed by atoms with Gasteiger partial charge in [-0.1, -0.05) is 36.4 Å². The number of carbonyl (C=O) groups excluding carboxylic acids is 1. The molecule has 0 spiro atoms. The number of carbonyl (C=O) groups is 1. The van der Waals surface area contributed by atoms with Crippen LogP contribution in [0.3, 0.4) is 0 Å². The van der Waals surface area contributed by atoms with Crippen molar-refractivity contribution in [3.05, 3.63) is 83.9 Å². The SMILES string of the molecule is O=C(Nc1ccc(N2CCCCC2)cc1)C1c2ccccc2Oc2ccccc21. The van der Waals surface area contributed by atoms with Crippen LogP contribution in [-0.4, -0.2) is 19.0 Å². The van der Waals surface area contributed by atoms with E-state index in [1.807, 2.05) is 60.7 Å². The number of fused-ring (bicyclic) bond motifs is 2. The maximum atomic E-state index is 13.3. The number of nitrogens with zero attached hydrogens (tertiary/aromatic N) is 1. The predicted octanol–water partition coefficient (Wildman–Crippen LogP) is 5.55. The average molecular weight is 384 g/mol. The summed E-state index contributed by atoms with van der Waals surface area (Å²) < 4.78 is 6.01. The zero-order valence-electron chi connectivity index (χ0n) is 16.3. The van der Waals surface area contributed by atoms with Gasteiger partial charge in [-0.2, -0.15) is 0 Å². The van der Waals surface area contributed by atoms with Crippen molar-refractivity contribution in [1.29, 1.82) is 0 Å². The van der Waals surface area contributed by atoms with Crippen LogP contribution in [0.1, 0.15) is 36.3 Å². The summed E-state index contributed by atoms with van der Waals surface area (Å²) in [4.78, 5) is 15.7. The lowest BCUT2D eigenvalue weighted by Gasteiger charge is -2.29. The average Bonchev–Trinajstić information content (AvgIpc) is 2.78. The fourth-order valence-corrected chi connectivity index (χ4v) is 4.31. The minimum absolute atomic E-state index is 0.0427. The molecule has 2 aliphatic rings. The molecule has 0 aliphatic carbocycles. The second kappa shape index (κ2) is 7.63. The lowest BCUT2D eigenvalue weighted by atomic mass is 9.87. The van der Waals surface area contributed by atoms with Crippen molar-refractivity contribution in [1.82, 2.24) is 0 Å². The quantitative estimate of drug-likeness (QED) is 0.643. The van der Waals surface area contributed by atoms with Crippen molar-refractivity contribution in [3.63, 3.8) is 0 Å². The smallest absolute Gasteiger partial charge is 0.236 e. The van der Waals surface area contributed by atoms with E-state index < -0.39 is 5.92 Å². The second-order valence-corrected chi connectivity index (χ2v) is 7.69. The van der Waals surface area contributed by atoms with Crippen molar-refractivity contribution in [2.45, 2.75) is 25.2 Å². The van der Waals surface area contributed by atoms with Crippen LogP contribution in [0.2, 0.25) is 0 Å². The minimum atomic E-state index is -0.391. The molecule has 2 heterocycles. The molecule has 1 N–H and O–H groups in total. The van der Waals surface area contributed by atoms with Crippen LogP contribution in [0.25, 0.3) is 0 Å². The fraction of sp³-hybridized carbons (Fsp3) is 0.240. The molecule has 4 heteroatoms. The van der Waals surface area contributed by atoms with Crippen molar-refractivity contribution in [2.75, 3.05) is 23.3 Å². The summed E-state index contributed by atoms with van der Waals surface area (Å²) in [6, 6.07) is 23.7. The van der Waals surface area contributed by atoms with E-state index in [1.54, 1.807) is 0 Å². The highest BCUT2D eigenvalue weighted by molar-refractivity contribution is 5.99. The molecule has 0 atom stereocenters. The highest BCUT2D eigenvalue weighted by Gasteiger charge is 2.32. The Morgan fingerprint density at radius 3 is 2.00 bits per heavy atom. The number of hydrogen-bond acceptors (Lipinski definition) is 3. The summed E-state index contributed by atoms with van der Waals surface area (Å²) >= 11 is 0. The molecular weight excluding hydrogens is 360 g/mol. The summed E-state index contributed by atoms with van der Waals surface area (Å²) in [5.41, 5.74) is 3.84. The summed E-state index contributed by atoms with van der Waals surface area (Å²) in [6.07, 6.45) is 3.82. The van der Waals surface area contributed by atoms with Gasteiger partial charge in [0, 0.05) is 35.6 Å². The predicted molar refractivity (Wildman–Crippen MR) is 116 cm³/mol. The summed E-state index contributed by atoms with van der Waals surface area (Å²) in [5.74, 6) is 1.05. The molecule has 0 unspecified atom stereocenters. The molecule has 0 aromatic heterocycles. The maximum absolute atomic E-state index is 13.3. The van der Waals surface area contributed by atoms with E-state index in [0.717, 1.165) is 41.4 Å². The van der Waals surface area contributed by atoms with E-state index >= 15 is 0 Å².